The quantitative estimate of drug-likeness (QED) is 0.473. The second kappa shape index (κ2) is 8.20. The van der Waals surface area contributed by atoms with Crippen molar-refractivity contribution in [2.24, 2.45) is 11.5 Å². The minimum atomic E-state index is -0.803. The highest BCUT2D eigenvalue weighted by Gasteiger charge is 2.25. The number of aryl methyl sites for hydroxylation is 1. The Morgan fingerprint density at radius 2 is 2.20 bits per heavy atom. The van der Waals surface area contributed by atoms with Crippen LogP contribution in [0.5, 0.6) is 0 Å². The Balaban J connectivity index is 1.71. The van der Waals surface area contributed by atoms with Gasteiger partial charge in [0.2, 0.25) is 0 Å². The van der Waals surface area contributed by atoms with E-state index in [2.05, 4.69) is 25.7 Å². The number of pyridine rings is 2. The number of anilines is 3. The monoisotopic (exact) mass is 414 g/mol. The van der Waals surface area contributed by atoms with Crippen LogP contribution in [0.3, 0.4) is 0 Å². The molecular weight excluding hydrogens is 391 g/mol. The molecule has 0 aliphatic carbocycles. The second-order valence-electron chi connectivity index (χ2n) is 7.06. The molecule has 0 aromatic carbocycles. The van der Waals surface area contributed by atoms with E-state index in [4.69, 9.17) is 16.2 Å². The Morgan fingerprint density at radius 3 is 2.93 bits per heavy atom. The Labute approximate surface area is 171 Å². The van der Waals surface area contributed by atoms with Gasteiger partial charge in [0.05, 0.1) is 42.0 Å². The van der Waals surface area contributed by atoms with Gasteiger partial charge in [0.1, 0.15) is 5.82 Å². The van der Waals surface area contributed by atoms with Gasteiger partial charge in [-0.3, -0.25) is 14.5 Å². The predicted molar refractivity (Wildman–Crippen MR) is 110 cm³/mol. The van der Waals surface area contributed by atoms with Crippen LogP contribution < -0.4 is 22.1 Å². The van der Waals surface area contributed by atoms with Gasteiger partial charge in [0.25, 0.3) is 5.91 Å². The summed E-state index contributed by atoms with van der Waals surface area (Å²) in [4.78, 5) is 20.4. The van der Waals surface area contributed by atoms with Gasteiger partial charge in [-0.25, -0.2) is 9.37 Å². The third-order valence-electron chi connectivity index (χ3n) is 5.09. The van der Waals surface area contributed by atoms with Crippen LogP contribution in [0.1, 0.15) is 23.7 Å². The van der Waals surface area contributed by atoms with E-state index in [9.17, 15) is 9.18 Å². The molecule has 2 atom stereocenters. The number of nitrogens with two attached hydrogens (primary N) is 2. The molecule has 1 aliphatic heterocycles. The molecule has 3 aromatic rings. The first-order valence-corrected chi connectivity index (χ1v) is 9.64. The van der Waals surface area contributed by atoms with Gasteiger partial charge in [0.15, 0.2) is 11.6 Å². The van der Waals surface area contributed by atoms with E-state index < -0.39 is 11.7 Å². The van der Waals surface area contributed by atoms with E-state index in [1.807, 2.05) is 6.92 Å². The Kier molecular flexibility index (Phi) is 5.46. The van der Waals surface area contributed by atoms with Gasteiger partial charge in [0, 0.05) is 30.6 Å². The fourth-order valence-electron chi connectivity index (χ4n) is 3.46. The van der Waals surface area contributed by atoms with Crippen molar-refractivity contribution in [3.8, 4) is 0 Å². The maximum Gasteiger partial charge on any atom is 0.252 e. The summed E-state index contributed by atoms with van der Waals surface area (Å²) in [5, 5.41) is 11.2. The lowest BCUT2D eigenvalue weighted by molar-refractivity contribution is 0.0751. The van der Waals surface area contributed by atoms with Gasteiger partial charge < -0.3 is 26.8 Å². The fraction of sp³-hybridized carbons (Fsp3) is 0.368. The summed E-state index contributed by atoms with van der Waals surface area (Å²) in [7, 11) is 0. The molecule has 1 amide bonds. The highest BCUT2D eigenvalue weighted by Crippen LogP contribution is 2.28. The zero-order valence-electron chi connectivity index (χ0n) is 16.4. The highest BCUT2D eigenvalue weighted by atomic mass is 19.1. The van der Waals surface area contributed by atoms with Crippen molar-refractivity contribution in [2.75, 3.05) is 23.8 Å². The summed E-state index contributed by atoms with van der Waals surface area (Å²) in [5.74, 6) is -1.40. The van der Waals surface area contributed by atoms with Crippen LogP contribution in [-0.2, 0) is 11.3 Å². The molecule has 0 saturated carbocycles. The van der Waals surface area contributed by atoms with Crippen LogP contribution in [0.2, 0.25) is 0 Å². The molecule has 4 heterocycles. The summed E-state index contributed by atoms with van der Waals surface area (Å²) >= 11 is 0. The van der Waals surface area contributed by atoms with E-state index >= 15 is 0 Å². The van der Waals surface area contributed by atoms with Crippen LogP contribution >= 0.6 is 0 Å². The Hall–Kier alpha value is -3.31. The molecule has 0 bridgehead atoms. The van der Waals surface area contributed by atoms with Gasteiger partial charge in [-0.05, 0) is 19.4 Å². The first-order valence-electron chi connectivity index (χ1n) is 9.64. The number of hydrogen-bond donors (Lipinski definition) is 4. The average molecular weight is 414 g/mol. The third kappa shape index (κ3) is 3.76. The van der Waals surface area contributed by atoms with Crippen molar-refractivity contribution in [1.82, 2.24) is 19.7 Å². The number of primary amides is 1. The largest absolute Gasteiger partial charge is 0.380 e. The van der Waals surface area contributed by atoms with Crippen molar-refractivity contribution < 1.29 is 13.9 Å². The van der Waals surface area contributed by atoms with E-state index in [-0.39, 0.29) is 29.3 Å². The Morgan fingerprint density at radius 1 is 1.37 bits per heavy atom. The summed E-state index contributed by atoms with van der Waals surface area (Å²) in [6.45, 7) is 3.54. The molecular formula is C19H23FN8O2. The SMILES string of the molecule is CCn1ncc2c(Nc3nc(N[C@@H]4CCOC[C@@H]4N)c(F)cc3C(N)=O)cncc21. The maximum atomic E-state index is 14.7. The molecule has 3 aromatic heterocycles. The normalized spacial score (nSPS) is 19.0. The molecule has 0 spiro atoms. The van der Waals surface area contributed by atoms with E-state index in [0.29, 0.717) is 31.9 Å². The average Bonchev–Trinajstić information content (AvgIpc) is 3.16. The number of aromatic nitrogens is 4. The lowest BCUT2D eigenvalue weighted by atomic mass is 10.0. The van der Waals surface area contributed by atoms with Gasteiger partial charge in [-0.1, -0.05) is 0 Å². The summed E-state index contributed by atoms with van der Waals surface area (Å²) in [6.07, 6.45) is 5.59. The number of carbonyl (C=O) groups excluding carboxylic acids is 1. The number of nitrogens with one attached hydrogen (secondary N) is 2. The molecule has 4 rings (SSSR count). The predicted octanol–water partition coefficient (Wildman–Crippen LogP) is 1.36. The molecule has 30 heavy (non-hydrogen) atoms. The summed E-state index contributed by atoms with van der Waals surface area (Å²) in [6, 6.07) is 0.555. The number of hydrogen-bond acceptors (Lipinski definition) is 8. The molecule has 1 aliphatic rings. The number of nitrogens with zero attached hydrogens (tertiary/aromatic N) is 4. The minimum absolute atomic E-state index is 0.0192. The van der Waals surface area contributed by atoms with Crippen molar-refractivity contribution in [3.05, 3.63) is 36.0 Å². The number of rotatable bonds is 6. The second-order valence-corrected chi connectivity index (χ2v) is 7.06. The van der Waals surface area contributed by atoms with Crippen LogP contribution in [0, 0.1) is 5.82 Å². The third-order valence-corrected chi connectivity index (χ3v) is 5.09. The number of ether oxygens (including phenoxy) is 1. The lowest BCUT2D eigenvalue weighted by Gasteiger charge is -2.30. The first-order chi connectivity index (χ1) is 14.5. The molecule has 10 nitrogen and oxygen atoms in total. The molecule has 158 valence electrons. The zero-order valence-corrected chi connectivity index (χ0v) is 16.4. The number of amides is 1. The molecule has 0 unspecified atom stereocenters. The van der Waals surface area contributed by atoms with Crippen LogP contribution in [0.4, 0.5) is 21.7 Å². The minimum Gasteiger partial charge on any atom is -0.380 e. The maximum absolute atomic E-state index is 14.7. The number of fused-ring (bicyclic) bond motifs is 1. The van der Waals surface area contributed by atoms with Gasteiger partial charge in [-0.15, -0.1) is 0 Å². The summed E-state index contributed by atoms with van der Waals surface area (Å²) < 4.78 is 21.8. The molecule has 0 radical (unpaired) electrons. The lowest BCUT2D eigenvalue weighted by Crippen LogP contribution is -2.47. The summed E-state index contributed by atoms with van der Waals surface area (Å²) in [5.41, 5.74) is 12.8. The van der Waals surface area contributed by atoms with Crippen molar-refractivity contribution >= 4 is 34.1 Å². The fourth-order valence-corrected chi connectivity index (χ4v) is 3.46. The first kappa shape index (κ1) is 20.0. The highest BCUT2D eigenvalue weighted by molar-refractivity contribution is 6.00. The van der Waals surface area contributed by atoms with E-state index in [0.717, 1.165) is 17.0 Å². The van der Waals surface area contributed by atoms with Crippen molar-refractivity contribution in [2.45, 2.75) is 32.0 Å². The molecule has 1 fully saturated rings. The van der Waals surface area contributed by atoms with Gasteiger partial charge >= 0.3 is 0 Å². The smallest absolute Gasteiger partial charge is 0.252 e. The Bertz CT molecular complexity index is 1090. The zero-order chi connectivity index (χ0) is 21.3. The van der Waals surface area contributed by atoms with Crippen LogP contribution in [0.25, 0.3) is 10.9 Å². The van der Waals surface area contributed by atoms with E-state index in [1.165, 1.54) is 0 Å². The standard InChI is InChI=1S/C19H23FN8O2/c1-2-28-16-8-23-7-15(11(16)6-24-28)26-18-10(17(22)29)5-12(20)19(27-18)25-14-3-4-30-9-13(14)21/h5-8,13-14H,2-4,9,21H2,1H3,(H2,22,29)(H2,25,26,27)/t13-,14+/m0/s1. The topological polar surface area (TPSA) is 146 Å². The van der Waals surface area contributed by atoms with Crippen molar-refractivity contribution in [3.63, 3.8) is 0 Å². The molecule has 1 saturated heterocycles. The van der Waals surface area contributed by atoms with Crippen molar-refractivity contribution in [1.29, 1.82) is 0 Å². The van der Waals surface area contributed by atoms with Crippen LogP contribution in [0.15, 0.2) is 24.7 Å². The molecule has 6 N–H and O–H groups in total. The number of carbonyl (C=O) groups is 1. The van der Waals surface area contributed by atoms with Gasteiger partial charge in [-0.2, -0.15) is 5.10 Å². The van der Waals surface area contributed by atoms with E-state index in [1.54, 1.807) is 23.3 Å². The molecule has 11 heteroatoms. The number of halogens is 1. The van der Waals surface area contributed by atoms with Crippen LogP contribution in [-0.4, -0.2) is 51.0 Å².